The smallest absolute Gasteiger partial charge is 0.267 e. The van der Waals surface area contributed by atoms with Crippen LogP contribution in [-0.2, 0) is 10.1 Å². The fraction of sp³-hybridized carbons (Fsp3) is 0.556. The Morgan fingerprint density at radius 1 is 1.33 bits per heavy atom. The zero-order valence-electron chi connectivity index (χ0n) is 15.5. The molecule has 2 aliphatic rings. The third-order valence-electron chi connectivity index (χ3n) is 5.59. The number of nitrogens with two attached hydrogens (primary N) is 1. The molecule has 3 heterocycles. The van der Waals surface area contributed by atoms with E-state index in [2.05, 4.69) is 34.3 Å². The van der Waals surface area contributed by atoms with E-state index in [1.54, 1.807) is 0 Å². The van der Waals surface area contributed by atoms with Crippen molar-refractivity contribution in [3.8, 4) is 0 Å². The molecule has 5 rings (SSSR count). The van der Waals surface area contributed by atoms with Gasteiger partial charge in [0.25, 0.3) is 10.1 Å². The van der Waals surface area contributed by atoms with Crippen LogP contribution in [0.4, 0.5) is 0 Å². The summed E-state index contributed by atoms with van der Waals surface area (Å²) in [4.78, 5) is 12.3. The second kappa shape index (κ2) is 6.57. The van der Waals surface area contributed by atoms with Gasteiger partial charge in [-0.1, -0.05) is 6.92 Å². The van der Waals surface area contributed by atoms with Crippen molar-refractivity contribution in [2.75, 3.05) is 0 Å². The lowest BCUT2D eigenvalue weighted by Crippen LogP contribution is -2.15. The Morgan fingerprint density at radius 2 is 2.07 bits per heavy atom. The molecule has 3 atom stereocenters. The van der Waals surface area contributed by atoms with E-state index in [9.17, 15) is 8.42 Å². The van der Waals surface area contributed by atoms with E-state index in [-0.39, 0.29) is 0 Å². The zero-order valence-corrected chi connectivity index (χ0v) is 16.3. The first-order valence-electron chi connectivity index (χ1n) is 9.28. The summed E-state index contributed by atoms with van der Waals surface area (Å²) in [6.07, 6.45) is 7.19. The van der Waals surface area contributed by atoms with Gasteiger partial charge in [-0.15, -0.1) is 0 Å². The average Bonchev–Trinajstić information content (AvgIpc) is 3.14. The molecule has 0 saturated heterocycles. The molecule has 0 spiro atoms. The molecular formula is C18H25N5O3S. The number of hydrogen-bond acceptors (Lipinski definition) is 5. The van der Waals surface area contributed by atoms with Crippen LogP contribution in [0.3, 0.4) is 0 Å². The molecule has 0 aliphatic heterocycles. The number of imidazole rings is 1. The van der Waals surface area contributed by atoms with Crippen LogP contribution >= 0.6 is 0 Å². The largest absolute Gasteiger partial charge is 0.345 e. The Labute approximate surface area is 157 Å². The van der Waals surface area contributed by atoms with E-state index in [1.807, 2.05) is 12.4 Å². The van der Waals surface area contributed by atoms with Crippen LogP contribution < -0.4 is 5.73 Å². The zero-order chi connectivity index (χ0) is 19.3. The first-order chi connectivity index (χ1) is 12.8. The standard InChI is InChI=1S/C15H19N5.C3H6O3S/c1-8-5-10(16)6-11(8)14-9(2)19-13-7-18-15-12(20(13)14)3-4-17-15;4-7(5,6)3-1-2-3/h3-4,7-8,10-11,17H,5-6,16H2,1-2H3;3H,1-2H2,(H,4,5,6)/t8-,10+,11+;/m1./s1. The number of fused-ring (bicyclic) bond motifs is 3. The van der Waals surface area contributed by atoms with Crippen molar-refractivity contribution in [1.82, 2.24) is 19.4 Å². The Morgan fingerprint density at radius 3 is 2.63 bits per heavy atom. The maximum Gasteiger partial charge on any atom is 0.267 e. The minimum Gasteiger partial charge on any atom is -0.345 e. The van der Waals surface area contributed by atoms with Crippen LogP contribution in [0, 0.1) is 12.8 Å². The van der Waals surface area contributed by atoms with Crippen LogP contribution in [0.1, 0.15) is 49.9 Å². The molecule has 27 heavy (non-hydrogen) atoms. The first kappa shape index (κ1) is 18.4. The van der Waals surface area contributed by atoms with Crippen LogP contribution in [0.25, 0.3) is 16.8 Å². The molecule has 0 amide bonds. The van der Waals surface area contributed by atoms with Crippen molar-refractivity contribution in [1.29, 1.82) is 0 Å². The van der Waals surface area contributed by atoms with Gasteiger partial charge in [0.1, 0.15) is 0 Å². The number of aryl methyl sites for hydroxylation is 1. The minimum atomic E-state index is -3.63. The molecule has 4 N–H and O–H groups in total. The summed E-state index contributed by atoms with van der Waals surface area (Å²) in [5.74, 6) is 1.09. The molecule has 0 aromatic carbocycles. The number of nitrogens with zero attached hydrogens (tertiary/aromatic N) is 3. The van der Waals surface area contributed by atoms with Crippen LogP contribution in [0.2, 0.25) is 0 Å². The van der Waals surface area contributed by atoms with Gasteiger partial charge in [-0.2, -0.15) is 8.42 Å². The lowest BCUT2D eigenvalue weighted by Gasteiger charge is -2.16. The summed E-state index contributed by atoms with van der Waals surface area (Å²) in [6, 6.07) is 2.38. The van der Waals surface area contributed by atoms with Crippen molar-refractivity contribution in [2.45, 2.75) is 56.7 Å². The lowest BCUT2D eigenvalue weighted by atomic mass is 9.93. The van der Waals surface area contributed by atoms with E-state index in [1.165, 1.54) is 5.69 Å². The number of H-pyrrole nitrogens is 1. The van der Waals surface area contributed by atoms with E-state index in [0.717, 1.165) is 35.3 Å². The summed E-state index contributed by atoms with van der Waals surface area (Å²) in [5, 5.41) is -0.424. The molecule has 3 aromatic heterocycles. The summed E-state index contributed by atoms with van der Waals surface area (Å²) < 4.78 is 30.3. The molecule has 146 valence electrons. The highest BCUT2D eigenvalue weighted by Gasteiger charge is 2.34. The van der Waals surface area contributed by atoms with Gasteiger partial charge in [0.05, 0.1) is 22.7 Å². The Bertz CT molecular complexity index is 1080. The second-order valence-corrected chi connectivity index (χ2v) is 9.47. The first-order valence-corrected chi connectivity index (χ1v) is 10.8. The molecule has 0 radical (unpaired) electrons. The van der Waals surface area contributed by atoms with Gasteiger partial charge >= 0.3 is 0 Å². The fourth-order valence-corrected chi connectivity index (χ4v) is 4.87. The molecule has 2 saturated carbocycles. The van der Waals surface area contributed by atoms with Crippen molar-refractivity contribution in [3.63, 3.8) is 0 Å². The summed E-state index contributed by atoms with van der Waals surface area (Å²) in [7, 11) is -3.63. The number of aromatic nitrogens is 4. The summed E-state index contributed by atoms with van der Waals surface area (Å²) in [6.45, 7) is 4.39. The molecule has 9 heteroatoms. The monoisotopic (exact) mass is 391 g/mol. The molecule has 0 bridgehead atoms. The Hall–Kier alpha value is -1.97. The van der Waals surface area contributed by atoms with Crippen molar-refractivity contribution in [3.05, 3.63) is 29.8 Å². The number of nitrogens with one attached hydrogen (secondary N) is 1. The highest BCUT2D eigenvalue weighted by atomic mass is 32.2. The SMILES string of the molecule is Cc1nc2cnc3[nH]ccc3n2c1[C@H]1C[C@@H](N)C[C@H]1C.O=S(=O)(O)C1CC1. The van der Waals surface area contributed by atoms with Gasteiger partial charge in [-0.3, -0.25) is 8.95 Å². The quantitative estimate of drug-likeness (QED) is 0.576. The number of rotatable bonds is 2. The number of hydrogen-bond donors (Lipinski definition) is 3. The van der Waals surface area contributed by atoms with Crippen LogP contribution in [-0.4, -0.2) is 43.6 Å². The van der Waals surface area contributed by atoms with Gasteiger partial charge < -0.3 is 10.7 Å². The normalized spacial score (nSPS) is 25.7. The van der Waals surface area contributed by atoms with E-state index < -0.39 is 15.4 Å². The summed E-state index contributed by atoms with van der Waals surface area (Å²) in [5.41, 5.74) is 11.5. The van der Waals surface area contributed by atoms with Crippen molar-refractivity contribution in [2.24, 2.45) is 11.7 Å². The van der Waals surface area contributed by atoms with Crippen LogP contribution in [0.5, 0.6) is 0 Å². The van der Waals surface area contributed by atoms with Gasteiger partial charge in [-0.25, -0.2) is 9.97 Å². The van der Waals surface area contributed by atoms with Gasteiger partial charge in [-0.05, 0) is 44.6 Å². The molecule has 2 fully saturated rings. The average molecular weight is 391 g/mol. The minimum absolute atomic E-state index is 0.309. The lowest BCUT2D eigenvalue weighted by molar-refractivity contribution is 0.481. The van der Waals surface area contributed by atoms with Crippen molar-refractivity contribution >= 4 is 26.9 Å². The predicted octanol–water partition coefficient (Wildman–Crippen LogP) is 2.40. The molecule has 0 unspecified atom stereocenters. The third-order valence-corrected chi connectivity index (χ3v) is 6.91. The molecule has 3 aromatic rings. The topological polar surface area (TPSA) is 126 Å². The van der Waals surface area contributed by atoms with Crippen LogP contribution in [0.15, 0.2) is 18.5 Å². The second-order valence-electron chi connectivity index (χ2n) is 7.78. The van der Waals surface area contributed by atoms with E-state index in [4.69, 9.17) is 15.3 Å². The van der Waals surface area contributed by atoms with Crippen molar-refractivity contribution < 1.29 is 13.0 Å². The Balaban J connectivity index is 0.000000218. The Kier molecular flexibility index (Phi) is 4.48. The molecular weight excluding hydrogens is 366 g/mol. The van der Waals surface area contributed by atoms with Gasteiger partial charge in [0.2, 0.25) is 0 Å². The van der Waals surface area contributed by atoms with E-state index >= 15 is 0 Å². The van der Waals surface area contributed by atoms with Gasteiger partial charge in [0.15, 0.2) is 11.3 Å². The summed E-state index contributed by atoms with van der Waals surface area (Å²) >= 11 is 0. The van der Waals surface area contributed by atoms with Gasteiger partial charge in [0, 0.05) is 23.9 Å². The fourth-order valence-electron chi connectivity index (χ4n) is 4.14. The van der Waals surface area contributed by atoms with E-state index in [0.29, 0.717) is 30.7 Å². The predicted molar refractivity (Wildman–Crippen MR) is 103 cm³/mol. The third kappa shape index (κ3) is 3.46. The maximum absolute atomic E-state index is 9.95. The number of aromatic amines is 1. The highest BCUT2D eigenvalue weighted by molar-refractivity contribution is 7.86. The highest BCUT2D eigenvalue weighted by Crippen LogP contribution is 2.40. The maximum atomic E-state index is 9.95. The molecule has 8 nitrogen and oxygen atoms in total. The molecule has 2 aliphatic carbocycles.